The highest BCUT2D eigenvalue weighted by molar-refractivity contribution is 6.35. The molecule has 2 heterocycles. The van der Waals surface area contributed by atoms with Crippen LogP contribution in [0.15, 0.2) is 36.7 Å². The molecule has 0 aliphatic carbocycles. The van der Waals surface area contributed by atoms with Crippen molar-refractivity contribution >= 4 is 34.8 Å². The van der Waals surface area contributed by atoms with Gasteiger partial charge in [0.2, 0.25) is 5.91 Å². The third kappa shape index (κ3) is 3.53. The van der Waals surface area contributed by atoms with Gasteiger partial charge in [0, 0.05) is 18.8 Å². The van der Waals surface area contributed by atoms with Crippen molar-refractivity contribution in [1.29, 1.82) is 0 Å². The van der Waals surface area contributed by atoms with Crippen molar-refractivity contribution in [3.8, 4) is 0 Å². The molecular formula is C16H18ClN5O. The molecule has 1 amide bonds. The lowest BCUT2D eigenvalue weighted by Gasteiger charge is -2.33. The molecule has 3 N–H and O–H groups in total. The Kier molecular flexibility index (Phi) is 4.62. The van der Waals surface area contributed by atoms with Crippen molar-refractivity contribution in [2.45, 2.75) is 12.8 Å². The normalized spacial score (nSPS) is 17.8. The lowest BCUT2D eigenvalue weighted by molar-refractivity contribution is -0.120. The molecule has 7 heteroatoms. The molecule has 0 unspecified atom stereocenters. The number of rotatable bonds is 3. The van der Waals surface area contributed by atoms with Crippen LogP contribution in [0.25, 0.3) is 0 Å². The Balaban J connectivity index is 1.71. The number of benzene rings is 1. The fraction of sp³-hybridized carbons (Fsp3) is 0.312. The van der Waals surface area contributed by atoms with Crippen LogP contribution in [0.2, 0.25) is 5.02 Å². The first kappa shape index (κ1) is 15.6. The predicted molar refractivity (Wildman–Crippen MR) is 91.5 cm³/mol. The van der Waals surface area contributed by atoms with Gasteiger partial charge in [0.25, 0.3) is 0 Å². The summed E-state index contributed by atoms with van der Waals surface area (Å²) in [6.45, 7) is 1.36. The quantitative estimate of drug-likeness (QED) is 0.903. The van der Waals surface area contributed by atoms with E-state index < -0.39 is 0 Å². The Labute approximate surface area is 139 Å². The molecule has 0 spiro atoms. The van der Waals surface area contributed by atoms with Crippen LogP contribution in [0, 0.1) is 5.92 Å². The number of nitrogens with zero attached hydrogens (tertiary/aromatic N) is 3. The van der Waals surface area contributed by atoms with Gasteiger partial charge in [0.15, 0.2) is 5.82 Å². The highest BCUT2D eigenvalue weighted by Crippen LogP contribution is 2.30. The van der Waals surface area contributed by atoms with E-state index in [1.807, 2.05) is 35.2 Å². The van der Waals surface area contributed by atoms with Gasteiger partial charge in [-0.1, -0.05) is 29.8 Å². The third-order valence-corrected chi connectivity index (χ3v) is 4.29. The van der Waals surface area contributed by atoms with E-state index in [9.17, 15) is 4.79 Å². The molecule has 1 fully saturated rings. The average molecular weight is 332 g/mol. The van der Waals surface area contributed by atoms with Gasteiger partial charge in [-0.05, 0) is 25.0 Å². The lowest BCUT2D eigenvalue weighted by Crippen LogP contribution is -2.41. The first-order valence-electron chi connectivity index (χ1n) is 7.52. The van der Waals surface area contributed by atoms with Crippen molar-refractivity contribution in [2.24, 2.45) is 5.92 Å². The van der Waals surface area contributed by atoms with Crippen LogP contribution in [-0.4, -0.2) is 29.0 Å². The SMILES string of the molecule is Nc1ncnc(N2CCC[C@@H](C(=O)Nc3ccccc3)C2)c1Cl. The van der Waals surface area contributed by atoms with E-state index in [4.69, 9.17) is 17.3 Å². The summed E-state index contributed by atoms with van der Waals surface area (Å²) in [6.07, 6.45) is 3.13. The van der Waals surface area contributed by atoms with E-state index in [0.29, 0.717) is 17.4 Å². The highest BCUT2D eigenvalue weighted by atomic mass is 35.5. The molecule has 1 aromatic carbocycles. The number of carbonyl (C=O) groups excluding carboxylic acids is 1. The van der Waals surface area contributed by atoms with Crippen molar-refractivity contribution in [1.82, 2.24) is 9.97 Å². The van der Waals surface area contributed by atoms with Crippen molar-refractivity contribution in [3.05, 3.63) is 41.7 Å². The van der Waals surface area contributed by atoms with Crippen LogP contribution in [0.5, 0.6) is 0 Å². The van der Waals surface area contributed by atoms with Crippen LogP contribution in [0.4, 0.5) is 17.3 Å². The molecule has 0 radical (unpaired) electrons. The van der Waals surface area contributed by atoms with E-state index in [0.717, 1.165) is 25.1 Å². The van der Waals surface area contributed by atoms with Gasteiger partial charge >= 0.3 is 0 Å². The Morgan fingerprint density at radius 3 is 2.87 bits per heavy atom. The predicted octanol–water partition coefficient (Wildman–Crippen LogP) is 2.57. The number of para-hydroxylation sites is 1. The molecule has 1 aliphatic heterocycles. The van der Waals surface area contributed by atoms with Crippen LogP contribution in [0.3, 0.4) is 0 Å². The van der Waals surface area contributed by atoms with Crippen LogP contribution in [-0.2, 0) is 4.79 Å². The Morgan fingerprint density at radius 2 is 2.09 bits per heavy atom. The van der Waals surface area contributed by atoms with Crippen LogP contribution in [0.1, 0.15) is 12.8 Å². The number of carbonyl (C=O) groups is 1. The maximum absolute atomic E-state index is 12.5. The summed E-state index contributed by atoms with van der Waals surface area (Å²) in [6, 6.07) is 9.46. The van der Waals surface area contributed by atoms with E-state index in [1.54, 1.807) is 0 Å². The minimum absolute atomic E-state index is 0.0130. The van der Waals surface area contributed by atoms with E-state index in [2.05, 4.69) is 15.3 Å². The zero-order valence-corrected chi connectivity index (χ0v) is 13.3. The molecule has 23 heavy (non-hydrogen) atoms. The number of aromatic nitrogens is 2. The van der Waals surface area contributed by atoms with Gasteiger partial charge in [-0.2, -0.15) is 0 Å². The van der Waals surface area contributed by atoms with Crippen molar-refractivity contribution < 1.29 is 4.79 Å². The number of hydrogen-bond donors (Lipinski definition) is 2. The minimum Gasteiger partial charge on any atom is -0.382 e. The zero-order chi connectivity index (χ0) is 16.2. The lowest BCUT2D eigenvalue weighted by atomic mass is 9.97. The number of nitrogens with one attached hydrogen (secondary N) is 1. The molecule has 0 bridgehead atoms. The summed E-state index contributed by atoms with van der Waals surface area (Å²) in [5, 5.41) is 3.30. The van der Waals surface area contributed by atoms with Crippen molar-refractivity contribution in [2.75, 3.05) is 29.0 Å². The Bertz CT molecular complexity index is 694. The molecule has 0 saturated carbocycles. The second-order valence-corrected chi connectivity index (χ2v) is 5.91. The smallest absolute Gasteiger partial charge is 0.229 e. The van der Waals surface area contributed by atoms with Crippen LogP contribution >= 0.6 is 11.6 Å². The average Bonchev–Trinajstić information content (AvgIpc) is 2.58. The highest BCUT2D eigenvalue weighted by Gasteiger charge is 2.28. The topological polar surface area (TPSA) is 84.1 Å². The summed E-state index contributed by atoms with van der Waals surface area (Å²) >= 11 is 6.19. The standard InChI is InChI=1S/C16H18ClN5O/c17-13-14(18)19-10-20-15(13)22-8-4-5-11(9-22)16(23)21-12-6-2-1-3-7-12/h1-3,6-7,10-11H,4-5,8-9H2,(H,21,23)(H2,18,19,20)/t11-/m1/s1. The summed E-state index contributed by atoms with van der Waals surface area (Å²) in [7, 11) is 0. The number of hydrogen-bond acceptors (Lipinski definition) is 5. The summed E-state index contributed by atoms with van der Waals surface area (Å²) in [5.41, 5.74) is 6.54. The molecule has 1 saturated heterocycles. The number of halogens is 1. The van der Waals surface area contributed by atoms with Gasteiger partial charge in [0.1, 0.15) is 17.2 Å². The van der Waals surface area contributed by atoms with Gasteiger partial charge in [-0.3, -0.25) is 4.79 Å². The van der Waals surface area contributed by atoms with Crippen molar-refractivity contribution in [3.63, 3.8) is 0 Å². The maximum Gasteiger partial charge on any atom is 0.229 e. The molecule has 6 nitrogen and oxygen atoms in total. The monoisotopic (exact) mass is 331 g/mol. The van der Waals surface area contributed by atoms with E-state index in [1.165, 1.54) is 6.33 Å². The number of amides is 1. The maximum atomic E-state index is 12.5. The summed E-state index contributed by atoms with van der Waals surface area (Å²) in [4.78, 5) is 22.6. The van der Waals surface area contributed by atoms with E-state index in [-0.39, 0.29) is 17.6 Å². The zero-order valence-electron chi connectivity index (χ0n) is 12.6. The number of nitrogens with two attached hydrogens (primary N) is 1. The number of piperidine rings is 1. The third-order valence-electron chi connectivity index (χ3n) is 3.93. The fourth-order valence-electron chi connectivity index (χ4n) is 2.74. The molecule has 1 atom stereocenters. The number of anilines is 3. The molecule has 2 aromatic rings. The van der Waals surface area contributed by atoms with E-state index >= 15 is 0 Å². The first-order valence-corrected chi connectivity index (χ1v) is 7.90. The summed E-state index contributed by atoms with van der Waals surface area (Å²) < 4.78 is 0. The van der Waals surface area contributed by atoms with Crippen LogP contribution < -0.4 is 16.0 Å². The molecule has 1 aromatic heterocycles. The minimum atomic E-state index is -0.115. The first-order chi connectivity index (χ1) is 11.1. The largest absolute Gasteiger partial charge is 0.382 e. The molecule has 120 valence electrons. The van der Waals surface area contributed by atoms with Gasteiger partial charge in [0.05, 0.1) is 5.92 Å². The Morgan fingerprint density at radius 1 is 1.30 bits per heavy atom. The second-order valence-electron chi connectivity index (χ2n) is 5.54. The van der Waals surface area contributed by atoms with Gasteiger partial charge in [-0.25, -0.2) is 9.97 Å². The summed E-state index contributed by atoms with van der Waals surface area (Å²) in [5.74, 6) is 0.749. The molecular weight excluding hydrogens is 314 g/mol. The fourth-order valence-corrected chi connectivity index (χ4v) is 2.96. The Hall–Kier alpha value is -2.34. The van der Waals surface area contributed by atoms with Gasteiger partial charge < -0.3 is 16.0 Å². The van der Waals surface area contributed by atoms with Gasteiger partial charge in [-0.15, -0.1) is 0 Å². The number of nitrogen functional groups attached to an aromatic ring is 1. The second kappa shape index (κ2) is 6.83. The molecule has 1 aliphatic rings. The molecule has 3 rings (SSSR count).